The van der Waals surface area contributed by atoms with E-state index in [9.17, 15) is 15.3 Å². The van der Waals surface area contributed by atoms with Crippen molar-refractivity contribution in [2.75, 3.05) is 26.8 Å². The minimum atomic E-state index is -0.836. The number of aliphatic hydroxyl groups excluding tert-OH is 3. The van der Waals surface area contributed by atoms with Crippen LogP contribution in [0.15, 0.2) is 0 Å². The van der Waals surface area contributed by atoms with Gasteiger partial charge in [-0.1, -0.05) is 44.9 Å². The summed E-state index contributed by atoms with van der Waals surface area (Å²) >= 11 is 0. The van der Waals surface area contributed by atoms with Gasteiger partial charge in [-0.25, -0.2) is 0 Å². The van der Waals surface area contributed by atoms with Crippen LogP contribution in [0.5, 0.6) is 0 Å². The molecule has 4 atom stereocenters. The van der Waals surface area contributed by atoms with Gasteiger partial charge in [0, 0.05) is 13.7 Å². The van der Waals surface area contributed by atoms with Crippen LogP contribution in [0.4, 0.5) is 0 Å². The van der Waals surface area contributed by atoms with Gasteiger partial charge >= 0.3 is 0 Å². The molecule has 2 aliphatic rings. The first-order valence-electron chi connectivity index (χ1n) is 8.91. The Morgan fingerprint density at radius 3 is 2.45 bits per heavy atom. The van der Waals surface area contributed by atoms with Crippen LogP contribution in [-0.2, 0) is 4.74 Å². The van der Waals surface area contributed by atoms with E-state index in [4.69, 9.17) is 4.74 Å². The Morgan fingerprint density at radius 2 is 1.82 bits per heavy atom. The molecule has 1 unspecified atom stereocenters. The van der Waals surface area contributed by atoms with Crippen molar-refractivity contribution in [1.82, 2.24) is 4.90 Å². The highest BCUT2D eigenvalue weighted by Gasteiger charge is 2.41. The Hall–Kier alpha value is -0.200. The van der Waals surface area contributed by atoms with Crippen LogP contribution in [0, 0.1) is 5.92 Å². The second-order valence-corrected chi connectivity index (χ2v) is 7.00. The summed E-state index contributed by atoms with van der Waals surface area (Å²) in [4.78, 5) is 2.02. The molecule has 2 rings (SSSR count). The van der Waals surface area contributed by atoms with Crippen molar-refractivity contribution < 1.29 is 20.1 Å². The molecule has 0 amide bonds. The van der Waals surface area contributed by atoms with E-state index in [-0.39, 0.29) is 12.6 Å². The zero-order chi connectivity index (χ0) is 15.9. The zero-order valence-corrected chi connectivity index (χ0v) is 13.9. The number of ether oxygens (including phenoxy) is 1. The fourth-order valence-corrected chi connectivity index (χ4v) is 4.14. The summed E-state index contributed by atoms with van der Waals surface area (Å²) in [6, 6.07) is -0.331. The number of likely N-dealkylation sites (tertiary alicyclic amines) is 1. The van der Waals surface area contributed by atoms with Gasteiger partial charge in [-0.05, 0) is 18.9 Å². The van der Waals surface area contributed by atoms with Crippen LogP contribution in [0.3, 0.4) is 0 Å². The quantitative estimate of drug-likeness (QED) is 0.615. The fourth-order valence-electron chi connectivity index (χ4n) is 4.14. The maximum Gasteiger partial charge on any atom is 0.112 e. The lowest BCUT2D eigenvalue weighted by atomic mass is 9.85. The molecule has 130 valence electrons. The average molecular weight is 315 g/mol. The van der Waals surface area contributed by atoms with Crippen LogP contribution in [-0.4, -0.2) is 71.4 Å². The molecular weight excluding hydrogens is 282 g/mol. The number of hydrogen-bond donors (Lipinski definition) is 3. The summed E-state index contributed by atoms with van der Waals surface area (Å²) in [5.41, 5.74) is 0. The first-order chi connectivity index (χ1) is 10.7. The van der Waals surface area contributed by atoms with Crippen molar-refractivity contribution in [1.29, 1.82) is 0 Å². The van der Waals surface area contributed by atoms with Gasteiger partial charge in [-0.3, -0.25) is 4.90 Å². The molecular formula is C17H33NO4. The smallest absolute Gasteiger partial charge is 0.112 e. The minimum absolute atomic E-state index is 0.101. The molecule has 0 aromatic heterocycles. The van der Waals surface area contributed by atoms with E-state index in [1.807, 2.05) is 4.90 Å². The molecule has 1 saturated carbocycles. The van der Waals surface area contributed by atoms with Gasteiger partial charge < -0.3 is 20.1 Å². The van der Waals surface area contributed by atoms with Gasteiger partial charge in [-0.2, -0.15) is 0 Å². The topological polar surface area (TPSA) is 73.2 Å². The Kier molecular flexibility index (Phi) is 7.57. The highest BCUT2D eigenvalue weighted by molar-refractivity contribution is 4.94. The molecule has 0 bridgehead atoms. The van der Waals surface area contributed by atoms with Crippen LogP contribution >= 0.6 is 0 Å². The third-order valence-corrected chi connectivity index (χ3v) is 5.49. The monoisotopic (exact) mass is 315 g/mol. The molecule has 0 radical (unpaired) electrons. The summed E-state index contributed by atoms with van der Waals surface area (Å²) < 4.78 is 5.16. The lowest BCUT2D eigenvalue weighted by molar-refractivity contribution is -0.157. The lowest BCUT2D eigenvalue weighted by Gasteiger charge is -2.44. The van der Waals surface area contributed by atoms with E-state index in [1.165, 1.54) is 52.1 Å². The maximum absolute atomic E-state index is 10.2. The molecule has 5 heteroatoms. The number of β-amino-alcohol motifs (C(OH)–C–C–N with tert-alkyl or cyclic N) is 1. The van der Waals surface area contributed by atoms with Crippen molar-refractivity contribution >= 4 is 0 Å². The predicted molar refractivity (Wildman–Crippen MR) is 85.7 cm³/mol. The number of hydrogen-bond acceptors (Lipinski definition) is 5. The van der Waals surface area contributed by atoms with E-state index in [1.54, 1.807) is 0 Å². The SMILES string of the molecule is CO[C@H]1[C@H](O)C(CO)N(CCCCC2CCCCC2)C[C@@H]1O. The van der Waals surface area contributed by atoms with Gasteiger partial charge in [0.1, 0.15) is 12.2 Å². The van der Waals surface area contributed by atoms with E-state index >= 15 is 0 Å². The van der Waals surface area contributed by atoms with Crippen molar-refractivity contribution in [3.05, 3.63) is 0 Å². The standard InChI is InChI=1S/C17H33NO4/c1-22-17-15(20)11-18(14(12-19)16(17)21)10-6-5-9-13-7-3-2-4-8-13/h13-17,19-21H,2-12H2,1H3/t14?,15-,16+,17+/m0/s1. The van der Waals surface area contributed by atoms with Gasteiger partial charge in [0.15, 0.2) is 0 Å². The normalized spacial score (nSPS) is 34.9. The molecule has 22 heavy (non-hydrogen) atoms. The summed E-state index contributed by atoms with van der Waals surface area (Å²) in [5.74, 6) is 0.901. The van der Waals surface area contributed by atoms with Crippen molar-refractivity contribution in [2.24, 2.45) is 5.92 Å². The number of piperidine rings is 1. The van der Waals surface area contributed by atoms with Gasteiger partial charge in [0.05, 0.1) is 18.8 Å². The van der Waals surface area contributed by atoms with Gasteiger partial charge in [0.2, 0.25) is 0 Å². The Morgan fingerprint density at radius 1 is 1.09 bits per heavy atom. The first kappa shape index (κ1) is 18.1. The lowest BCUT2D eigenvalue weighted by Crippen LogP contribution is -2.63. The van der Waals surface area contributed by atoms with Gasteiger partial charge in [-0.15, -0.1) is 0 Å². The second-order valence-electron chi connectivity index (χ2n) is 7.00. The molecule has 0 aromatic rings. The summed E-state index contributed by atoms with van der Waals surface area (Å²) in [6.45, 7) is 1.18. The molecule has 2 fully saturated rings. The molecule has 3 N–H and O–H groups in total. The summed E-state index contributed by atoms with van der Waals surface area (Å²) in [6.07, 6.45) is 8.37. The Balaban J connectivity index is 1.73. The number of nitrogens with zero attached hydrogens (tertiary/aromatic N) is 1. The maximum atomic E-state index is 10.2. The first-order valence-corrected chi connectivity index (χ1v) is 8.91. The minimum Gasteiger partial charge on any atom is -0.395 e. The molecule has 0 aromatic carbocycles. The van der Waals surface area contributed by atoms with E-state index in [0.717, 1.165) is 18.9 Å². The third kappa shape index (κ3) is 4.65. The van der Waals surface area contributed by atoms with E-state index < -0.39 is 18.3 Å². The van der Waals surface area contributed by atoms with Crippen LogP contribution in [0.1, 0.15) is 51.4 Å². The number of methoxy groups -OCH3 is 1. The van der Waals surface area contributed by atoms with Crippen molar-refractivity contribution in [2.45, 2.75) is 75.7 Å². The second kappa shape index (κ2) is 9.18. The summed E-state index contributed by atoms with van der Waals surface area (Å²) in [5, 5.41) is 29.9. The summed E-state index contributed by atoms with van der Waals surface area (Å²) in [7, 11) is 1.49. The highest BCUT2D eigenvalue weighted by Crippen LogP contribution is 2.28. The van der Waals surface area contributed by atoms with Crippen molar-refractivity contribution in [3.8, 4) is 0 Å². The van der Waals surface area contributed by atoms with E-state index in [0.29, 0.717) is 6.54 Å². The largest absolute Gasteiger partial charge is 0.395 e. The Labute approximate surface area is 134 Å². The van der Waals surface area contributed by atoms with E-state index in [2.05, 4.69) is 0 Å². The molecule has 1 aliphatic carbocycles. The van der Waals surface area contributed by atoms with Crippen LogP contribution in [0.2, 0.25) is 0 Å². The molecule has 0 spiro atoms. The molecule has 5 nitrogen and oxygen atoms in total. The van der Waals surface area contributed by atoms with Crippen molar-refractivity contribution in [3.63, 3.8) is 0 Å². The highest BCUT2D eigenvalue weighted by atomic mass is 16.5. The number of rotatable bonds is 7. The third-order valence-electron chi connectivity index (χ3n) is 5.49. The number of unbranched alkanes of at least 4 members (excludes halogenated alkanes) is 1. The van der Waals surface area contributed by atoms with Crippen LogP contribution < -0.4 is 0 Å². The van der Waals surface area contributed by atoms with Crippen LogP contribution in [0.25, 0.3) is 0 Å². The zero-order valence-electron chi connectivity index (χ0n) is 13.9. The predicted octanol–water partition coefficient (Wildman–Crippen LogP) is 1.15. The molecule has 1 saturated heterocycles. The molecule has 1 heterocycles. The number of aliphatic hydroxyl groups is 3. The van der Waals surface area contributed by atoms with Gasteiger partial charge in [0.25, 0.3) is 0 Å². The average Bonchev–Trinajstić information content (AvgIpc) is 2.53. The molecule has 1 aliphatic heterocycles. The Bertz CT molecular complexity index is 309. The fraction of sp³-hybridized carbons (Fsp3) is 1.00.